The Kier molecular flexibility index (Phi) is 6.99. The predicted octanol–water partition coefficient (Wildman–Crippen LogP) is 2.98. The summed E-state index contributed by atoms with van der Waals surface area (Å²) in [6.45, 7) is 1.30. The molecule has 1 fully saturated rings. The number of hydrogen-bond donors (Lipinski definition) is 2. The summed E-state index contributed by atoms with van der Waals surface area (Å²) in [5, 5.41) is 11.6. The maximum absolute atomic E-state index is 13.0. The molecule has 11 nitrogen and oxygen atoms in total. The Morgan fingerprint density at radius 1 is 0.946 bits per heavy atom. The molecule has 4 heterocycles. The van der Waals surface area contributed by atoms with Crippen molar-refractivity contribution in [2.24, 2.45) is 5.92 Å². The van der Waals surface area contributed by atoms with Gasteiger partial charge in [-0.2, -0.15) is 0 Å². The van der Waals surface area contributed by atoms with Crippen LogP contribution in [-0.2, 0) is 14.8 Å². The minimum absolute atomic E-state index is 0.0156. The van der Waals surface area contributed by atoms with Crippen LogP contribution in [0.2, 0.25) is 0 Å². The molecule has 1 saturated heterocycles. The van der Waals surface area contributed by atoms with Crippen molar-refractivity contribution >= 4 is 33.4 Å². The van der Waals surface area contributed by atoms with Gasteiger partial charge in [-0.15, -0.1) is 10.2 Å². The largest absolute Gasteiger partial charge is 0.354 e. The van der Waals surface area contributed by atoms with Crippen molar-refractivity contribution in [3.8, 4) is 11.3 Å². The third-order valence-corrected chi connectivity index (χ3v) is 7.29. The normalized spacial score (nSPS) is 15.7. The number of hydrogen-bond acceptors (Lipinski definition) is 9. The lowest BCUT2D eigenvalue weighted by Gasteiger charge is -2.32. The van der Waals surface area contributed by atoms with Gasteiger partial charge in [-0.25, -0.2) is 23.1 Å². The van der Waals surface area contributed by atoms with Gasteiger partial charge >= 0.3 is 0 Å². The van der Waals surface area contributed by atoms with Gasteiger partial charge in [0.15, 0.2) is 5.82 Å². The van der Waals surface area contributed by atoms with E-state index in [1.165, 1.54) is 24.5 Å². The van der Waals surface area contributed by atoms with Gasteiger partial charge in [0.1, 0.15) is 0 Å². The Morgan fingerprint density at radius 2 is 1.76 bits per heavy atom. The monoisotopic (exact) mass is 516 g/mol. The van der Waals surface area contributed by atoms with Crippen molar-refractivity contribution in [1.82, 2.24) is 25.1 Å². The number of carbonyl (C=O) groups is 1. The maximum Gasteiger partial charge on any atom is 0.264 e. The molecule has 37 heavy (non-hydrogen) atoms. The van der Waals surface area contributed by atoms with Gasteiger partial charge < -0.3 is 10.2 Å². The van der Waals surface area contributed by atoms with E-state index in [0.717, 1.165) is 36.5 Å². The van der Waals surface area contributed by atoms with Crippen LogP contribution in [0.15, 0.2) is 84.3 Å². The van der Waals surface area contributed by atoms with Crippen molar-refractivity contribution in [3.05, 3.63) is 79.4 Å². The van der Waals surface area contributed by atoms with Crippen LogP contribution in [0.4, 0.5) is 17.5 Å². The summed E-state index contributed by atoms with van der Waals surface area (Å²) in [7, 11) is -3.85. The van der Waals surface area contributed by atoms with Crippen molar-refractivity contribution in [2.45, 2.75) is 17.7 Å². The van der Waals surface area contributed by atoms with Crippen molar-refractivity contribution in [1.29, 1.82) is 0 Å². The van der Waals surface area contributed by atoms with E-state index in [4.69, 9.17) is 0 Å². The Hall–Kier alpha value is -4.45. The van der Waals surface area contributed by atoms with Crippen LogP contribution in [0.1, 0.15) is 12.8 Å². The molecule has 5 rings (SSSR count). The summed E-state index contributed by atoms with van der Waals surface area (Å²) >= 11 is 0. The molecule has 0 spiro atoms. The molecule has 1 aliphatic rings. The molecule has 1 aliphatic heterocycles. The van der Waals surface area contributed by atoms with Gasteiger partial charge in [-0.05, 0) is 67.4 Å². The lowest BCUT2D eigenvalue weighted by molar-refractivity contribution is -0.120. The Labute approximate surface area is 214 Å². The number of nitrogens with zero attached hydrogens (tertiary/aromatic N) is 6. The van der Waals surface area contributed by atoms with E-state index in [-0.39, 0.29) is 22.7 Å². The molecule has 0 bridgehead atoms. The SMILES string of the molecule is O=C(Nc1ccc(S(=O)(=O)Nc2ncccn2)cc1)C1CCCN(c2ccc(-c3cccnc3)nn2)C1. The van der Waals surface area contributed by atoms with Crippen molar-refractivity contribution in [2.75, 3.05) is 28.0 Å². The van der Waals surface area contributed by atoms with Gasteiger partial charge in [-0.1, -0.05) is 0 Å². The van der Waals surface area contributed by atoms with Gasteiger partial charge in [0.25, 0.3) is 10.0 Å². The third kappa shape index (κ3) is 5.86. The first kappa shape index (κ1) is 24.3. The first-order chi connectivity index (χ1) is 18.0. The van der Waals surface area contributed by atoms with E-state index in [0.29, 0.717) is 12.2 Å². The number of anilines is 3. The highest BCUT2D eigenvalue weighted by Crippen LogP contribution is 2.24. The minimum Gasteiger partial charge on any atom is -0.354 e. The van der Waals surface area contributed by atoms with Crippen molar-refractivity contribution < 1.29 is 13.2 Å². The topological polar surface area (TPSA) is 143 Å². The molecule has 1 aromatic carbocycles. The molecule has 1 unspecified atom stereocenters. The quantitative estimate of drug-likeness (QED) is 0.379. The first-order valence-corrected chi connectivity index (χ1v) is 13.2. The Balaban J connectivity index is 1.20. The number of piperidine rings is 1. The zero-order valence-electron chi connectivity index (χ0n) is 19.7. The summed E-state index contributed by atoms with van der Waals surface area (Å²) in [6.07, 6.45) is 7.92. The maximum atomic E-state index is 13.0. The fourth-order valence-electron chi connectivity index (χ4n) is 4.05. The van der Waals surface area contributed by atoms with Gasteiger partial charge in [0.2, 0.25) is 11.9 Å². The second-order valence-corrected chi connectivity index (χ2v) is 10.2. The van der Waals surface area contributed by atoms with Crippen LogP contribution in [-0.4, -0.2) is 52.6 Å². The summed E-state index contributed by atoms with van der Waals surface area (Å²) < 4.78 is 27.4. The fraction of sp³-hybridized carbons (Fsp3) is 0.200. The number of benzene rings is 1. The molecule has 0 aliphatic carbocycles. The average molecular weight is 517 g/mol. The van der Waals surface area contributed by atoms with Gasteiger partial charge in [0, 0.05) is 49.1 Å². The average Bonchev–Trinajstić information content (AvgIpc) is 2.94. The van der Waals surface area contributed by atoms with E-state index in [2.05, 4.69) is 40.1 Å². The van der Waals surface area contributed by atoms with E-state index in [9.17, 15) is 13.2 Å². The van der Waals surface area contributed by atoms with Crippen LogP contribution in [0.3, 0.4) is 0 Å². The summed E-state index contributed by atoms with van der Waals surface area (Å²) in [5.74, 6) is 0.331. The molecule has 2 N–H and O–H groups in total. The van der Waals surface area contributed by atoms with Crippen LogP contribution in [0.25, 0.3) is 11.3 Å². The molecule has 4 aromatic rings. The summed E-state index contributed by atoms with van der Waals surface area (Å²) in [6, 6.07) is 15.1. The standard InChI is InChI=1S/C25H24N8O3S/c34-24(29-20-6-8-21(9-7-20)37(35,36)32-25-27-13-3-14-28-25)19-5-2-15-33(17-19)23-11-10-22(30-31-23)18-4-1-12-26-16-18/h1,3-4,6-14,16,19H,2,5,15,17H2,(H,29,34)(H,27,28,32). The van der Waals surface area contributed by atoms with Gasteiger partial charge in [-0.3, -0.25) is 9.78 Å². The van der Waals surface area contributed by atoms with E-state index >= 15 is 0 Å². The number of rotatable bonds is 7. The van der Waals surface area contributed by atoms with Crippen LogP contribution in [0.5, 0.6) is 0 Å². The summed E-state index contributed by atoms with van der Waals surface area (Å²) in [4.78, 5) is 26.9. The molecule has 1 amide bonds. The summed E-state index contributed by atoms with van der Waals surface area (Å²) in [5.41, 5.74) is 2.14. The highest BCUT2D eigenvalue weighted by molar-refractivity contribution is 7.92. The van der Waals surface area contributed by atoms with Gasteiger partial charge in [0.05, 0.1) is 16.5 Å². The van der Waals surface area contributed by atoms with Crippen molar-refractivity contribution in [3.63, 3.8) is 0 Å². The number of aromatic nitrogens is 5. The number of pyridine rings is 1. The molecule has 0 saturated carbocycles. The van der Waals surface area contributed by atoms with Crippen LogP contribution in [0, 0.1) is 5.92 Å². The Bertz CT molecular complexity index is 1450. The number of sulfonamides is 1. The molecule has 188 valence electrons. The first-order valence-electron chi connectivity index (χ1n) is 11.7. The molecule has 3 aromatic heterocycles. The predicted molar refractivity (Wildman–Crippen MR) is 138 cm³/mol. The number of amides is 1. The molecule has 1 atom stereocenters. The number of carbonyl (C=O) groups excluding carboxylic acids is 1. The second kappa shape index (κ2) is 10.7. The smallest absolute Gasteiger partial charge is 0.264 e. The van der Waals surface area contributed by atoms with E-state index in [1.807, 2.05) is 24.3 Å². The third-order valence-electron chi connectivity index (χ3n) is 5.95. The zero-order chi connectivity index (χ0) is 25.7. The molecular formula is C25H24N8O3S. The molecular weight excluding hydrogens is 492 g/mol. The lowest BCUT2D eigenvalue weighted by Crippen LogP contribution is -2.41. The Morgan fingerprint density at radius 3 is 2.46 bits per heavy atom. The van der Waals surface area contributed by atoms with E-state index in [1.54, 1.807) is 30.6 Å². The highest BCUT2D eigenvalue weighted by Gasteiger charge is 2.27. The highest BCUT2D eigenvalue weighted by atomic mass is 32.2. The van der Waals surface area contributed by atoms with E-state index < -0.39 is 10.0 Å². The molecule has 12 heteroatoms. The number of nitrogens with one attached hydrogen (secondary N) is 2. The molecule has 0 radical (unpaired) electrons. The lowest BCUT2D eigenvalue weighted by atomic mass is 9.97. The minimum atomic E-state index is -3.85. The fourth-order valence-corrected chi connectivity index (χ4v) is 5.01. The second-order valence-electron chi connectivity index (χ2n) is 8.50. The van der Waals surface area contributed by atoms with Crippen LogP contribution >= 0.6 is 0 Å². The zero-order valence-corrected chi connectivity index (χ0v) is 20.5. The van der Waals surface area contributed by atoms with Crippen LogP contribution < -0.4 is 14.9 Å².